The molecule has 0 amide bonds. The quantitative estimate of drug-likeness (QED) is 0.638. The van der Waals surface area contributed by atoms with Crippen LogP contribution in [0.3, 0.4) is 0 Å². The molecule has 6 heteroatoms. The first-order valence-corrected chi connectivity index (χ1v) is 5.13. The molecular weight excluding hydrogens is 208 g/mol. The summed E-state index contributed by atoms with van der Waals surface area (Å²) in [5.41, 5.74) is 0.0179. The van der Waals surface area contributed by atoms with Crippen molar-refractivity contribution in [3.63, 3.8) is 0 Å². The van der Waals surface area contributed by atoms with Crippen molar-refractivity contribution in [1.82, 2.24) is 0 Å². The Morgan fingerprint density at radius 1 is 1.36 bits per heavy atom. The van der Waals surface area contributed by atoms with Gasteiger partial charge in [0.2, 0.25) is 0 Å². The number of fused-ring (bicyclic) bond motifs is 1. The fourth-order valence-corrected chi connectivity index (χ4v) is 2.47. The number of benzene rings is 1. The number of carbonyl (C=O) groups is 1. The smallest absolute Gasteiger partial charge is 0.355 e. The summed E-state index contributed by atoms with van der Waals surface area (Å²) in [6.45, 7) is 0. The third-order valence-electron chi connectivity index (χ3n) is 1.85. The molecule has 0 saturated carbocycles. The first-order chi connectivity index (χ1) is 6.56. The molecule has 1 aliphatic rings. The predicted octanol–water partition coefficient (Wildman–Crippen LogP) is 0.554. The molecule has 2 rings (SSSR count). The van der Waals surface area contributed by atoms with E-state index in [0.29, 0.717) is 0 Å². The number of carbonyl (C=O) groups excluding carboxylic acids is 1. The van der Waals surface area contributed by atoms with Gasteiger partial charge in [-0.05, 0) is 12.1 Å². The summed E-state index contributed by atoms with van der Waals surface area (Å²) < 4.78 is 31.7. The second-order valence-electron chi connectivity index (χ2n) is 2.66. The van der Waals surface area contributed by atoms with E-state index in [2.05, 4.69) is 4.18 Å². The van der Waals surface area contributed by atoms with E-state index in [0.717, 1.165) is 0 Å². The van der Waals surface area contributed by atoms with Gasteiger partial charge in [0.05, 0.1) is 12.7 Å². The Hall–Kier alpha value is -1.56. The van der Waals surface area contributed by atoms with E-state index >= 15 is 0 Å². The lowest BCUT2D eigenvalue weighted by Crippen LogP contribution is -2.00. The molecule has 0 spiro atoms. The Kier molecular flexibility index (Phi) is 1.75. The Morgan fingerprint density at radius 2 is 2.07 bits per heavy atom. The zero-order chi connectivity index (χ0) is 10.3. The van der Waals surface area contributed by atoms with Gasteiger partial charge >= 0.3 is 16.1 Å². The van der Waals surface area contributed by atoms with Crippen LogP contribution in [0, 0.1) is 0 Å². The van der Waals surface area contributed by atoms with Crippen LogP contribution in [0.5, 0.6) is 5.75 Å². The fraction of sp³-hybridized carbons (Fsp3) is 0.125. The summed E-state index contributed by atoms with van der Waals surface area (Å²) in [7, 11) is -2.64. The van der Waals surface area contributed by atoms with Crippen molar-refractivity contribution in [2.45, 2.75) is 4.90 Å². The van der Waals surface area contributed by atoms with Gasteiger partial charge in [-0.1, -0.05) is 6.07 Å². The molecule has 0 atom stereocenters. The van der Waals surface area contributed by atoms with Crippen LogP contribution in [0.25, 0.3) is 0 Å². The van der Waals surface area contributed by atoms with Gasteiger partial charge < -0.3 is 8.92 Å². The van der Waals surface area contributed by atoms with Gasteiger partial charge in [-0.3, -0.25) is 0 Å². The summed E-state index contributed by atoms with van der Waals surface area (Å²) >= 11 is 0. The van der Waals surface area contributed by atoms with Crippen LogP contribution in [0.1, 0.15) is 10.4 Å². The number of methoxy groups -OCH3 is 1. The van der Waals surface area contributed by atoms with Crippen LogP contribution in [-0.4, -0.2) is 21.5 Å². The number of hydrogen-bond donors (Lipinski definition) is 0. The maximum Gasteiger partial charge on any atom is 0.355 e. The van der Waals surface area contributed by atoms with Crippen LogP contribution in [-0.2, 0) is 14.3 Å². The minimum atomic E-state index is -3.97. The van der Waals surface area contributed by atoms with Gasteiger partial charge in [0, 0.05) is 0 Å². The van der Waals surface area contributed by atoms with Crippen LogP contribution >= 0.6 is 0 Å². The minimum Gasteiger partial charge on any atom is -0.495 e. The molecule has 0 fully saturated rings. The highest BCUT2D eigenvalue weighted by Gasteiger charge is 2.38. The van der Waals surface area contributed by atoms with E-state index in [1.54, 1.807) is 0 Å². The predicted molar refractivity (Wildman–Crippen MR) is 45.6 cm³/mol. The average molecular weight is 214 g/mol. The molecule has 0 radical (unpaired) electrons. The Morgan fingerprint density at radius 3 is 2.71 bits per heavy atom. The van der Waals surface area contributed by atoms with Crippen molar-refractivity contribution in [2.75, 3.05) is 7.11 Å². The first kappa shape index (κ1) is 9.01. The van der Waals surface area contributed by atoms with Crippen molar-refractivity contribution in [3.05, 3.63) is 23.8 Å². The topological polar surface area (TPSA) is 69.7 Å². The lowest BCUT2D eigenvalue weighted by atomic mass is 10.2. The zero-order valence-electron chi connectivity index (χ0n) is 7.18. The zero-order valence-corrected chi connectivity index (χ0v) is 8.00. The van der Waals surface area contributed by atoms with Crippen molar-refractivity contribution < 1.29 is 22.1 Å². The average Bonchev–Trinajstić information content (AvgIpc) is 2.38. The maximum atomic E-state index is 11.3. The molecule has 0 unspecified atom stereocenters. The van der Waals surface area contributed by atoms with E-state index in [9.17, 15) is 13.2 Å². The monoisotopic (exact) mass is 214 g/mol. The molecule has 74 valence electrons. The van der Waals surface area contributed by atoms with Crippen molar-refractivity contribution in [3.8, 4) is 5.75 Å². The fourth-order valence-electron chi connectivity index (χ4n) is 1.28. The van der Waals surface area contributed by atoms with Gasteiger partial charge in [0.15, 0.2) is 4.90 Å². The lowest BCUT2D eigenvalue weighted by Gasteiger charge is -2.01. The van der Waals surface area contributed by atoms with Crippen molar-refractivity contribution in [1.29, 1.82) is 0 Å². The molecule has 5 nitrogen and oxygen atoms in total. The van der Waals surface area contributed by atoms with E-state index in [-0.39, 0.29) is 16.2 Å². The number of rotatable bonds is 1. The molecule has 0 aromatic heterocycles. The number of hydrogen-bond acceptors (Lipinski definition) is 5. The summed E-state index contributed by atoms with van der Waals surface area (Å²) in [5, 5.41) is 0. The van der Waals surface area contributed by atoms with Gasteiger partial charge in [-0.2, -0.15) is 8.42 Å². The molecular formula is C8H6O5S. The highest BCUT2D eigenvalue weighted by atomic mass is 32.2. The van der Waals surface area contributed by atoms with Crippen LogP contribution in [0.15, 0.2) is 23.1 Å². The molecule has 1 aromatic carbocycles. The molecule has 0 bridgehead atoms. The van der Waals surface area contributed by atoms with E-state index in [1.807, 2.05) is 0 Å². The summed E-state index contributed by atoms with van der Waals surface area (Å²) in [5.74, 6) is -0.743. The molecule has 1 aromatic rings. The molecule has 1 aliphatic heterocycles. The molecule has 0 N–H and O–H groups in total. The molecule has 1 heterocycles. The van der Waals surface area contributed by atoms with Crippen molar-refractivity contribution >= 4 is 16.1 Å². The highest BCUT2D eigenvalue weighted by molar-refractivity contribution is 7.87. The van der Waals surface area contributed by atoms with Gasteiger partial charge in [-0.15, -0.1) is 0 Å². The van der Waals surface area contributed by atoms with Crippen LogP contribution in [0.4, 0.5) is 0 Å². The van der Waals surface area contributed by atoms with Crippen LogP contribution < -0.4 is 4.74 Å². The Balaban J connectivity index is 2.82. The normalized spacial score (nSPS) is 17.4. The first-order valence-electron chi connectivity index (χ1n) is 3.72. The summed E-state index contributed by atoms with van der Waals surface area (Å²) in [6, 6.07) is 4.36. The molecule has 0 aliphatic carbocycles. The van der Waals surface area contributed by atoms with E-state index < -0.39 is 16.1 Å². The molecule has 14 heavy (non-hydrogen) atoms. The van der Waals surface area contributed by atoms with Gasteiger partial charge in [-0.25, -0.2) is 4.79 Å². The third kappa shape index (κ3) is 1.07. The van der Waals surface area contributed by atoms with Gasteiger partial charge in [0.1, 0.15) is 5.75 Å². The summed E-state index contributed by atoms with van der Waals surface area (Å²) in [6.07, 6.45) is 0. The second kappa shape index (κ2) is 2.71. The SMILES string of the molecule is COc1cccc2c1S(=O)(=O)OC2=O. The van der Waals surface area contributed by atoms with E-state index in [1.165, 1.54) is 25.3 Å². The largest absolute Gasteiger partial charge is 0.495 e. The third-order valence-corrected chi connectivity index (χ3v) is 3.15. The lowest BCUT2D eigenvalue weighted by molar-refractivity contribution is 0.0762. The standard InChI is InChI=1S/C8H6O5S/c1-12-6-4-2-3-5-7(6)14(10,11)13-8(5)9/h2-4H,1H3. The Labute approximate surface area is 80.4 Å². The number of ether oxygens (including phenoxy) is 1. The summed E-state index contributed by atoms with van der Waals surface area (Å²) in [4.78, 5) is 10.9. The highest BCUT2D eigenvalue weighted by Crippen LogP contribution is 2.34. The minimum absolute atomic E-state index is 0.0179. The molecule has 0 saturated heterocycles. The van der Waals surface area contributed by atoms with Gasteiger partial charge in [0.25, 0.3) is 0 Å². The van der Waals surface area contributed by atoms with Crippen molar-refractivity contribution in [2.24, 2.45) is 0 Å². The second-order valence-corrected chi connectivity index (χ2v) is 4.15. The van der Waals surface area contributed by atoms with E-state index in [4.69, 9.17) is 4.74 Å². The van der Waals surface area contributed by atoms with Crippen LogP contribution in [0.2, 0.25) is 0 Å². The maximum absolute atomic E-state index is 11.3. The Bertz CT molecular complexity index is 502.